The first-order chi connectivity index (χ1) is 11.8. The standard InChI is InChI=1S/C16H28N4O4S.ClH/c1-5-10-20(14-6-8-17-9-7-14)16(21)12(3)19-25(22,23)15-11(2)18-24-13(15)4;/h12,14,17,19H,5-10H2,1-4H3;1H. The van der Waals surface area contributed by atoms with Crippen molar-refractivity contribution in [2.24, 2.45) is 0 Å². The highest BCUT2D eigenvalue weighted by atomic mass is 35.5. The number of nitrogens with one attached hydrogen (secondary N) is 2. The van der Waals surface area contributed by atoms with Gasteiger partial charge in [-0.25, -0.2) is 8.42 Å². The number of carbonyl (C=O) groups is 1. The maximum absolute atomic E-state index is 12.9. The van der Waals surface area contributed by atoms with Crippen molar-refractivity contribution in [1.29, 1.82) is 0 Å². The summed E-state index contributed by atoms with van der Waals surface area (Å²) in [5, 5.41) is 6.96. The number of nitrogens with zero attached hydrogens (tertiary/aromatic N) is 2. The van der Waals surface area contributed by atoms with Crippen LogP contribution in [0.2, 0.25) is 0 Å². The molecular weight excluding hydrogens is 380 g/mol. The Morgan fingerprint density at radius 1 is 1.38 bits per heavy atom. The van der Waals surface area contributed by atoms with Gasteiger partial charge in [-0.2, -0.15) is 4.72 Å². The van der Waals surface area contributed by atoms with E-state index >= 15 is 0 Å². The van der Waals surface area contributed by atoms with Gasteiger partial charge in [0.15, 0.2) is 5.76 Å². The molecule has 0 radical (unpaired) electrons. The number of amides is 1. The van der Waals surface area contributed by atoms with Gasteiger partial charge >= 0.3 is 0 Å². The minimum absolute atomic E-state index is 0. The van der Waals surface area contributed by atoms with Crippen molar-refractivity contribution >= 4 is 28.3 Å². The number of aromatic nitrogens is 1. The molecule has 1 aromatic rings. The van der Waals surface area contributed by atoms with E-state index in [-0.39, 0.29) is 40.7 Å². The van der Waals surface area contributed by atoms with Crippen LogP contribution in [0.1, 0.15) is 44.6 Å². The lowest BCUT2D eigenvalue weighted by Gasteiger charge is -2.36. The van der Waals surface area contributed by atoms with E-state index in [1.165, 1.54) is 0 Å². The highest BCUT2D eigenvalue weighted by Gasteiger charge is 2.32. The smallest absolute Gasteiger partial charge is 0.246 e. The van der Waals surface area contributed by atoms with Crippen LogP contribution in [0.25, 0.3) is 0 Å². The molecule has 0 aliphatic carbocycles. The van der Waals surface area contributed by atoms with Gasteiger partial charge in [-0.1, -0.05) is 12.1 Å². The van der Waals surface area contributed by atoms with Crippen LogP contribution in [0.5, 0.6) is 0 Å². The van der Waals surface area contributed by atoms with E-state index in [9.17, 15) is 13.2 Å². The molecule has 150 valence electrons. The molecule has 1 fully saturated rings. The number of aryl methyl sites for hydroxylation is 2. The van der Waals surface area contributed by atoms with Gasteiger partial charge in [0, 0.05) is 12.6 Å². The molecule has 1 atom stereocenters. The van der Waals surface area contributed by atoms with Crippen LogP contribution in [0.3, 0.4) is 0 Å². The van der Waals surface area contributed by atoms with Crippen LogP contribution in [0.15, 0.2) is 9.42 Å². The van der Waals surface area contributed by atoms with Crippen molar-refractivity contribution in [2.75, 3.05) is 19.6 Å². The minimum atomic E-state index is -3.87. The Labute approximate surface area is 161 Å². The normalized spacial score (nSPS) is 16.8. The van der Waals surface area contributed by atoms with Gasteiger partial charge < -0.3 is 14.7 Å². The summed E-state index contributed by atoms with van der Waals surface area (Å²) in [6.07, 6.45) is 2.60. The molecule has 0 bridgehead atoms. The molecule has 1 aromatic heterocycles. The first-order valence-electron chi connectivity index (χ1n) is 8.74. The molecule has 1 amide bonds. The molecule has 0 spiro atoms. The summed E-state index contributed by atoms with van der Waals surface area (Å²) in [6.45, 7) is 9.08. The third-order valence-electron chi connectivity index (χ3n) is 4.44. The highest BCUT2D eigenvalue weighted by Crippen LogP contribution is 2.20. The molecule has 10 heteroatoms. The van der Waals surface area contributed by atoms with E-state index in [1.807, 2.05) is 11.8 Å². The molecule has 1 aliphatic rings. The van der Waals surface area contributed by atoms with E-state index in [2.05, 4.69) is 15.2 Å². The van der Waals surface area contributed by atoms with Crippen molar-refractivity contribution < 1.29 is 17.7 Å². The zero-order chi connectivity index (χ0) is 18.6. The second-order valence-electron chi connectivity index (χ2n) is 6.51. The molecule has 1 saturated heterocycles. The third kappa shape index (κ3) is 5.18. The van der Waals surface area contributed by atoms with Crippen molar-refractivity contribution in [2.45, 2.75) is 63.9 Å². The molecule has 1 aliphatic heterocycles. The van der Waals surface area contributed by atoms with Crippen LogP contribution in [-0.2, 0) is 14.8 Å². The van der Waals surface area contributed by atoms with Gasteiger partial charge in [0.2, 0.25) is 15.9 Å². The average molecular weight is 409 g/mol. The Kier molecular flexibility index (Phi) is 8.52. The number of hydrogen-bond acceptors (Lipinski definition) is 6. The second kappa shape index (κ2) is 9.68. The predicted molar refractivity (Wildman–Crippen MR) is 101 cm³/mol. The number of rotatable bonds is 7. The largest absolute Gasteiger partial charge is 0.360 e. The van der Waals surface area contributed by atoms with Crippen molar-refractivity contribution in [3.05, 3.63) is 11.5 Å². The Balaban J connectivity index is 0.00000338. The Morgan fingerprint density at radius 2 is 2.00 bits per heavy atom. The number of halogens is 1. The van der Waals surface area contributed by atoms with E-state index in [4.69, 9.17) is 4.52 Å². The minimum Gasteiger partial charge on any atom is -0.360 e. The molecule has 0 aromatic carbocycles. The first-order valence-corrected chi connectivity index (χ1v) is 10.2. The first kappa shape index (κ1) is 22.9. The average Bonchev–Trinajstić information content (AvgIpc) is 2.91. The number of carbonyl (C=O) groups excluding carboxylic acids is 1. The molecule has 8 nitrogen and oxygen atoms in total. The maximum Gasteiger partial charge on any atom is 0.246 e. The molecule has 2 heterocycles. The number of hydrogen-bond donors (Lipinski definition) is 2. The molecule has 2 N–H and O–H groups in total. The zero-order valence-electron chi connectivity index (χ0n) is 15.7. The summed E-state index contributed by atoms with van der Waals surface area (Å²) >= 11 is 0. The highest BCUT2D eigenvalue weighted by molar-refractivity contribution is 7.89. The van der Waals surface area contributed by atoms with Gasteiger partial charge in [0.25, 0.3) is 0 Å². The van der Waals surface area contributed by atoms with Gasteiger partial charge in [0.05, 0.1) is 6.04 Å². The summed E-state index contributed by atoms with van der Waals surface area (Å²) in [5.74, 6) is 0.0255. The fourth-order valence-electron chi connectivity index (χ4n) is 3.28. The van der Waals surface area contributed by atoms with Crippen LogP contribution in [0.4, 0.5) is 0 Å². The van der Waals surface area contributed by atoms with Crippen LogP contribution in [-0.4, -0.2) is 56.1 Å². The van der Waals surface area contributed by atoms with Crippen LogP contribution >= 0.6 is 12.4 Å². The van der Waals surface area contributed by atoms with E-state index in [1.54, 1.807) is 20.8 Å². The maximum atomic E-state index is 12.9. The lowest BCUT2D eigenvalue weighted by molar-refractivity contribution is -0.135. The fourth-order valence-corrected chi connectivity index (χ4v) is 4.81. The fraction of sp³-hybridized carbons (Fsp3) is 0.750. The lowest BCUT2D eigenvalue weighted by Crippen LogP contribution is -2.53. The lowest BCUT2D eigenvalue weighted by atomic mass is 10.0. The second-order valence-corrected chi connectivity index (χ2v) is 8.16. The summed E-state index contributed by atoms with van der Waals surface area (Å²) in [5.41, 5.74) is 0.286. The van der Waals surface area contributed by atoms with Gasteiger partial charge in [0.1, 0.15) is 10.6 Å². The zero-order valence-corrected chi connectivity index (χ0v) is 17.4. The quantitative estimate of drug-likeness (QED) is 0.706. The monoisotopic (exact) mass is 408 g/mol. The Hall–Kier alpha value is -1.16. The Morgan fingerprint density at radius 3 is 2.50 bits per heavy atom. The Bertz CT molecular complexity index is 682. The summed E-state index contributed by atoms with van der Waals surface area (Å²) < 4.78 is 32.6. The van der Waals surface area contributed by atoms with Crippen LogP contribution in [0, 0.1) is 13.8 Å². The van der Waals surface area contributed by atoms with Crippen molar-refractivity contribution in [1.82, 2.24) is 20.1 Å². The number of piperidine rings is 1. The van der Waals surface area contributed by atoms with E-state index < -0.39 is 16.1 Å². The topological polar surface area (TPSA) is 105 Å². The van der Waals surface area contributed by atoms with Gasteiger partial charge in [-0.15, -0.1) is 12.4 Å². The van der Waals surface area contributed by atoms with E-state index in [0.717, 1.165) is 32.4 Å². The van der Waals surface area contributed by atoms with Crippen molar-refractivity contribution in [3.63, 3.8) is 0 Å². The number of sulfonamides is 1. The molecule has 1 unspecified atom stereocenters. The summed E-state index contributed by atoms with van der Waals surface area (Å²) in [6, 6.07) is -0.695. The van der Waals surface area contributed by atoms with E-state index in [0.29, 0.717) is 6.54 Å². The molecule has 2 rings (SSSR count). The summed E-state index contributed by atoms with van der Waals surface area (Å²) in [4.78, 5) is 14.7. The molecule has 26 heavy (non-hydrogen) atoms. The molecular formula is C16H29ClN4O4S. The predicted octanol–water partition coefficient (Wildman–Crippen LogP) is 1.37. The molecule has 0 saturated carbocycles. The van der Waals surface area contributed by atoms with Gasteiger partial charge in [-0.3, -0.25) is 4.79 Å². The SMILES string of the molecule is CCCN(C(=O)C(C)NS(=O)(=O)c1c(C)noc1C)C1CCNCC1.Cl. The van der Waals surface area contributed by atoms with Crippen LogP contribution < -0.4 is 10.0 Å². The summed E-state index contributed by atoms with van der Waals surface area (Å²) in [7, 11) is -3.87. The van der Waals surface area contributed by atoms with Crippen molar-refractivity contribution in [3.8, 4) is 0 Å². The third-order valence-corrected chi connectivity index (χ3v) is 6.22. The van der Waals surface area contributed by atoms with Gasteiger partial charge in [-0.05, 0) is 53.1 Å².